The molecule has 0 saturated heterocycles. The summed E-state index contributed by atoms with van der Waals surface area (Å²) in [5, 5.41) is 22.8. The molecule has 0 aromatic heterocycles. The van der Waals surface area contributed by atoms with Gasteiger partial charge in [0.1, 0.15) is 0 Å². The van der Waals surface area contributed by atoms with Crippen molar-refractivity contribution in [2.75, 3.05) is 13.2 Å². The van der Waals surface area contributed by atoms with Crippen LogP contribution in [0.25, 0.3) is 0 Å². The largest absolute Gasteiger partial charge is 0.466 e. The van der Waals surface area contributed by atoms with Crippen LogP contribution in [-0.4, -0.2) is 47.4 Å². The van der Waals surface area contributed by atoms with Gasteiger partial charge in [-0.25, -0.2) is 0 Å². The summed E-state index contributed by atoms with van der Waals surface area (Å²) in [5.74, 6) is -0.128. The highest BCUT2D eigenvalue weighted by Crippen LogP contribution is 2.13. The van der Waals surface area contributed by atoms with Crippen molar-refractivity contribution >= 4 is 11.9 Å². The third kappa shape index (κ3) is 37.8. The molecule has 0 radical (unpaired) electrons. The van der Waals surface area contributed by atoms with Crippen molar-refractivity contribution in [2.45, 2.75) is 231 Å². The number of amides is 1. The van der Waals surface area contributed by atoms with Gasteiger partial charge in [0.2, 0.25) is 5.91 Å². The maximum atomic E-state index is 12.3. The van der Waals surface area contributed by atoms with Gasteiger partial charge in [0, 0.05) is 12.8 Å². The van der Waals surface area contributed by atoms with E-state index in [1.807, 2.05) is 6.08 Å². The number of unbranched alkanes of at least 4 members (excludes halogenated alkanes) is 25. The first kappa shape index (κ1) is 50.1. The van der Waals surface area contributed by atoms with Gasteiger partial charge in [-0.3, -0.25) is 9.59 Å². The monoisotopic (exact) mass is 732 g/mol. The van der Waals surface area contributed by atoms with Crippen LogP contribution in [0.1, 0.15) is 219 Å². The number of ether oxygens (including phenoxy) is 1. The molecule has 0 aromatic carbocycles. The number of hydrogen-bond donors (Lipinski definition) is 3. The van der Waals surface area contributed by atoms with Crippen LogP contribution in [0.2, 0.25) is 0 Å². The van der Waals surface area contributed by atoms with Gasteiger partial charge in [-0.15, -0.1) is 0 Å². The summed E-state index contributed by atoms with van der Waals surface area (Å²) in [5.41, 5.74) is 0. The Morgan fingerprint density at radius 1 is 0.519 bits per heavy atom. The van der Waals surface area contributed by atoms with Crippen molar-refractivity contribution in [3.63, 3.8) is 0 Å². The van der Waals surface area contributed by atoms with E-state index in [1.54, 1.807) is 6.08 Å². The maximum absolute atomic E-state index is 12.3. The minimum absolute atomic E-state index is 0.0256. The van der Waals surface area contributed by atoms with Crippen molar-refractivity contribution in [1.29, 1.82) is 0 Å². The lowest BCUT2D eigenvalue weighted by molar-refractivity contribution is -0.143. The zero-order valence-electron chi connectivity index (χ0n) is 34.3. The summed E-state index contributed by atoms with van der Waals surface area (Å²) >= 11 is 0. The highest BCUT2D eigenvalue weighted by Gasteiger charge is 2.17. The van der Waals surface area contributed by atoms with Gasteiger partial charge in [-0.1, -0.05) is 159 Å². The minimum Gasteiger partial charge on any atom is -0.466 e. The van der Waals surface area contributed by atoms with Crippen LogP contribution in [0.3, 0.4) is 0 Å². The number of allylic oxidation sites excluding steroid dienone is 5. The molecule has 52 heavy (non-hydrogen) atoms. The maximum Gasteiger partial charge on any atom is 0.305 e. The molecular weight excluding hydrogens is 647 g/mol. The number of aliphatic hydroxyl groups excluding tert-OH is 2. The molecule has 0 aliphatic rings. The second kappa shape index (κ2) is 41.8. The zero-order chi connectivity index (χ0) is 38.0. The van der Waals surface area contributed by atoms with E-state index in [4.69, 9.17) is 4.74 Å². The summed E-state index contributed by atoms with van der Waals surface area (Å²) in [6, 6.07) is -0.646. The highest BCUT2D eigenvalue weighted by molar-refractivity contribution is 5.76. The molecule has 304 valence electrons. The molecule has 0 spiro atoms. The molecule has 6 heteroatoms. The Bertz CT molecular complexity index is 854. The molecule has 0 saturated carbocycles. The average Bonchev–Trinajstić information content (AvgIpc) is 3.14. The van der Waals surface area contributed by atoms with E-state index in [1.165, 1.54) is 122 Å². The molecule has 1 amide bonds. The van der Waals surface area contributed by atoms with Crippen LogP contribution < -0.4 is 5.32 Å². The molecule has 0 fully saturated rings. The molecule has 0 rings (SSSR count). The molecule has 6 nitrogen and oxygen atoms in total. The number of aliphatic hydroxyl groups is 2. The van der Waals surface area contributed by atoms with Gasteiger partial charge in [0.15, 0.2) is 0 Å². The quantitative estimate of drug-likeness (QED) is 0.0331. The average molecular weight is 732 g/mol. The summed E-state index contributed by atoms with van der Waals surface area (Å²) in [7, 11) is 0. The Labute approximate surface area is 322 Å². The summed E-state index contributed by atoms with van der Waals surface area (Å²) in [6.45, 7) is 4.79. The van der Waals surface area contributed by atoms with E-state index in [2.05, 4.69) is 43.5 Å². The lowest BCUT2D eigenvalue weighted by Crippen LogP contribution is -2.45. The molecule has 0 aromatic rings. The van der Waals surface area contributed by atoms with Crippen LogP contribution in [0, 0.1) is 0 Å². The number of rotatable bonds is 40. The fraction of sp³-hybridized carbons (Fsp3) is 0.826. The molecule has 2 atom stereocenters. The highest BCUT2D eigenvalue weighted by atomic mass is 16.5. The van der Waals surface area contributed by atoms with Crippen molar-refractivity contribution in [2.24, 2.45) is 0 Å². The van der Waals surface area contributed by atoms with Crippen LogP contribution in [-0.2, 0) is 14.3 Å². The second-order valence-corrected chi connectivity index (χ2v) is 15.0. The van der Waals surface area contributed by atoms with Crippen molar-refractivity contribution in [1.82, 2.24) is 5.32 Å². The molecule has 0 heterocycles. The normalized spacial score (nSPS) is 13.1. The topological polar surface area (TPSA) is 95.9 Å². The first-order valence-corrected chi connectivity index (χ1v) is 22.3. The van der Waals surface area contributed by atoms with Crippen LogP contribution in [0.4, 0.5) is 0 Å². The van der Waals surface area contributed by atoms with Crippen LogP contribution >= 0.6 is 0 Å². The molecular formula is C46H85NO5. The van der Waals surface area contributed by atoms with E-state index in [9.17, 15) is 19.8 Å². The Hall–Kier alpha value is -1.92. The summed E-state index contributed by atoms with van der Waals surface area (Å²) in [6.07, 6.45) is 48.4. The van der Waals surface area contributed by atoms with Gasteiger partial charge >= 0.3 is 5.97 Å². The van der Waals surface area contributed by atoms with Gasteiger partial charge in [-0.2, -0.15) is 0 Å². The van der Waals surface area contributed by atoms with Crippen LogP contribution in [0.5, 0.6) is 0 Å². The molecule has 0 aliphatic heterocycles. The van der Waals surface area contributed by atoms with Gasteiger partial charge < -0.3 is 20.3 Å². The lowest BCUT2D eigenvalue weighted by atomic mass is 10.1. The fourth-order valence-electron chi connectivity index (χ4n) is 6.38. The molecule has 0 bridgehead atoms. The zero-order valence-corrected chi connectivity index (χ0v) is 34.3. The number of hydrogen-bond acceptors (Lipinski definition) is 5. The Balaban J connectivity index is 3.55. The van der Waals surface area contributed by atoms with Gasteiger partial charge in [-0.05, 0) is 83.5 Å². The Kier molecular flexibility index (Phi) is 40.3. The third-order valence-electron chi connectivity index (χ3n) is 9.88. The van der Waals surface area contributed by atoms with Gasteiger partial charge in [0.25, 0.3) is 0 Å². The molecule has 3 N–H and O–H groups in total. The number of carbonyl (C=O) groups is 2. The number of carbonyl (C=O) groups excluding carboxylic acids is 2. The van der Waals surface area contributed by atoms with E-state index in [0.717, 1.165) is 70.6 Å². The first-order valence-electron chi connectivity index (χ1n) is 22.3. The standard InChI is InChI=1S/C46H85NO5/c1-3-5-7-9-11-13-15-20-24-28-32-36-40-46(51)52-41-37-33-29-25-21-18-16-17-19-23-27-31-35-39-45(50)47-43(42-48)44(49)38-34-30-26-22-14-12-10-8-6-4-2/h11,13,17,19,34,38,43-44,48-49H,3-10,12,14-16,18,20-33,35-37,39-42H2,1-2H3,(H,47,50)/b13-11-,19-17-,38-34+. The Morgan fingerprint density at radius 2 is 0.904 bits per heavy atom. The van der Waals surface area contributed by atoms with Crippen molar-refractivity contribution < 1.29 is 24.5 Å². The third-order valence-corrected chi connectivity index (χ3v) is 9.88. The molecule has 0 aliphatic carbocycles. The van der Waals surface area contributed by atoms with E-state index < -0.39 is 12.1 Å². The first-order chi connectivity index (χ1) is 25.5. The van der Waals surface area contributed by atoms with Crippen molar-refractivity contribution in [3.05, 3.63) is 36.5 Å². The van der Waals surface area contributed by atoms with Crippen molar-refractivity contribution in [3.8, 4) is 0 Å². The predicted octanol–water partition coefficient (Wildman–Crippen LogP) is 12.6. The van der Waals surface area contributed by atoms with E-state index in [-0.39, 0.29) is 18.5 Å². The second-order valence-electron chi connectivity index (χ2n) is 15.0. The summed E-state index contributed by atoms with van der Waals surface area (Å²) in [4.78, 5) is 24.3. The number of nitrogens with one attached hydrogen (secondary N) is 1. The predicted molar refractivity (Wildman–Crippen MR) is 222 cm³/mol. The van der Waals surface area contributed by atoms with E-state index in [0.29, 0.717) is 19.4 Å². The van der Waals surface area contributed by atoms with Gasteiger partial charge in [0.05, 0.1) is 25.4 Å². The van der Waals surface area contributed by atoms with Crippen LogP contribution in [0.15, 0.2) is 36.5 Å². The SMILES string of the molecule is CCCCC/C=C\CCCCCCCC(=O)OCCCCCCCC/C=C\CCCCCC(=O)NC(CO)C(O)/C=C/CCCCCCCCCC. The smallest absolute Gasteiger partial charge is 0.305 e. The number of esters is 1. The Morgan fingerprint density at radius 3 is 1.42 bits per heavy atom. The summed E-state index contributed by atoms with van der Waals surface area (Å²) < 4.78 is 5.42. The molecule has 2 unspecified atom stereocenters. The lowest BCUT2D eigenvalue weighted by Gasteiger charge is -2.19. The fourth-order valence-corrected chi connectivity index (χ4v) is 6.38. The van der Waals surface area contributed by atoms with E-state index >= 15 is 0 Å². The minimum atomic E-state index is -0.859.